The molecule has 24 heavy (non-hydrogen) atoms. The summed E-state index contributed by atoms with van der Waals surface area (Å²) in [5, 5.41) is 1.02. The van der Waals surface area contributed by atoms with E-state index in [4.69, 9.17) is 0 Å². The molecule has 2 aromatic rings. The Morgan fingerprint density at radius 2 is 2.04 bits per heavy atom. The van der Waals surface area contributed by atoms with Crippen LogP contribution < -0.4 is 4.90 Å². The van der Waals surface area contributed by atoms with E-state index in [9.17, 15) is 8.42 Å². The molecule has 1 N–H and O–H groups in total. The van der Waals surface area contributed by atoms with Gasteiger partial charge >= 0.3 is 0 Å². The average molecular weight is 349 g/mol. The highest BCUT2D eigenvalue weighted by Crippen LogP contribution is 2.43. The second-order valence-electron chi connectivity index (χ2n) is 7.38. The van der Waals surface area contributed by atoms with Gasteiger partial charge in [-0.3, -0.25) is 0 Å². The predicted molar refractivity (Wildman–Crippen MR) is 93.3 cm³/mol. The van der Waals surface area contributed by atoms with E-state index < -0.39 is 10.0 Å². The maximum absolute atomic E-state index is 12.0. The predicted octanol–water partition coefficient (Wildman–Crippen LogP) is 1.46. The highest BCUT2D eigenvalue weighted by Gasteiger charge is 2.45. The quantitative estimate of drug-likeness (QED) is 0.887. The van der Waals surface area contributed by atoms with Crippen LogP contribution in [0.2, 0.25) is 0 Å². The van der Waals surface area contributed by atoms with Gasteiger partial charge in [-0.1, -0.05) is 6.92 Å². The molecule has 2 fully saturated rings. The van der Waals surface area contributed by atoms with Gasteiger partial charge < -0.3 is 9.88 Å². The van der Waals surface area contributed by atoms with E-state index in [1.165, 1.54) is 6.26 Å². The number of piperidine rings is 2. The lowest BCUT2D eigenvalue weighted by atomic mass is 9.69. The van der Waals surface area contributed by atoms with Gasteiger partial charge in [0.05, 0.1) is 11.6 Å². The molecular formula is C16H23N5O2S. The van der Waals surface area contributed by atoms with E-state index in [1.807, 2.05) is 12.3 Å². The monoisotopic (exact) mass is 349 g/mol. The number of rotatable bonds is 2. The fraction of sp³-hybridized carbons (Fsp3) is 0.625. The molecule has 2 aliphatic heterocycles. The van der Waals surface area contributed by atoms with Crippen LogP contribution in [0.3, 0.4) is 0 Å². The molecule has 2 aliphatic rings. The largest absolute Gasteiger partial charge is 0.355 e. The summed E-state index contributed by atoms with van der Waals surface area (Å²) in [4.78, 5) is 14.2. The van der Waals surface area contributed by atoms with E-state index in [2.05, 4.69) is 26.8 Å². The molecule has 130 valence electrons. The van der Waals surface area contributed by atoms with Crippen molar-refractivity contribution in [1.29, 1.82) is 0 Å². The Morgan fingerprint density at radius 1 is 1.25 bits per heavy atom. The van der Waals surface area contributed by atoms with Crippen LogP contribution in [0.15, 0.2) is 18.6 Å². The summed E-state index contributed by atoms with van der Waals surface area (Å²) < 4.78 is 25.6. The van der Waals surface area contributed by atoms with Crippen molar-refractivity contribution in [1.82, 2.24) is 19.3 Å². The summed E-state index contributed by atoms with van der Waals surface area (Å²) in [5.74, 6) is 1.51. The second kappa shape index (κ2) is 5.42. The minimum Gasteiger partial charge on any atom is -0.355 e. The zero-order valence-corrected chi connectivity index (χ0v) is 14.9. The second-order valence-corrected chi connectivity index (χ2v) is 9.37. The van der Waals surface area contributed by atoms with E-state index in [-0.39, 0.29) is 5.41 Å². The first-order chi connectivity index (χ1) is 11.4. The molecule has 0 saturated carbocycles. The lowest BCUT2D eigenvalue weighted by molar-refractivity contribution is 0.0679. The Labute approximate surface area is 142 Å². The molecule has 4 rings (SSSR count). The van der Waals surface area contributed by atoms with Crippen LogP contribution in [0.1, 0.15) is 19.8 Å². The molecule has 2 aromatic heterocycles. The number of nitrogens with zero attached hydrogens (tertiary/aromatic N) is 4. The number of hydrogen-bond donors (Lipinski definition) is 1. The molecule has 4 heterocycles. The number of nitrogens with one attached hydrogen (secondary N) is 1. The van der Waals surface area contributed by atoms with Crippen molar-refractivity contribution < 1.29 is 8.42 Å². The smallest absolute Gasteiger partial charge is 0.211 e. The van der Waals surface area contributed by atoms with Gasteiger partial charge in [0.15, 0.2) is 0 Å². The Morgan fingerprint density at radius 3 is 2.83 bits per heavy atom. The van der Waals surface area contributed by atoms with Crippen LogP contribution in [0.5, 0.6) is 0 Å². The SMILES string of the molecule is C[C@@]12CN(c3ncnc4[nH]ccc34)CC[C@@H]1CCN(S(C)(=O)=O)C2. The molecular weight excluding hydrogens is 326 g/mol. The van der Waals surface area contributed by atoms with Gasteiger partial charge in [0, 0.05) is 37.8 Å². The van der Waals surface area contributed by atoms with Crippen LogP contribution in [0.4, 0.5) is 5.82 Å². The Balaban J connectivity index is 1.64. The van der Waals surface area contributed by atoms with Crippen molar-refractivity contribution in [2.24, 2.45) is 11.3 Å². The highest BCUT2D eigenvalue weighted by molar-refractivity contribution is 7.88. The third-order valence-corrected chi connectivity index (χ3v) is 6.90. The van der Waals surface area contributed by atoms with Crippen molar-refractivity contribution in [2.45, 2.75) is 19.8 Å². The molecule has 2 saturated heterocycles. The average Bonchev–Trinajstić information content (AvgIpc) is 3.00. The normalized spacial score (nSPS) is 28.9. The number of fused-ring (bicyclic) bond motifs is 2. The summed E-state index contributed by atoms with van der Waals surface area (Å²) in [5.41, 5.74) is 0.793. The number of aromatic nitrogens is 3. The zero-order chi connectivity index (χ0) is 16.9. The molecule has 8 heteroatoms. The third kappa shape index (κ3) is 2.57. The van der Waals surface area contributed by atoms with E-state index >= 15 is 0 Å². The molecule has 2 atom stereocenters. The maximum Gasteiger partial charge on any atom is 0.211 e. The van der Waals surface area contributed by atoms with Crippen LogP contribution in [0.25, 0.3) is 11.0 Å². The van der Waals surface area contributed by atoms with Crippen molar-refractivity contribution in [3.63, 3.8) is 0 Å². The fourth-order valence-electron chi connectivity index (χ4n) is 4.33. The standard InChI is InChI=1S/C16H23N5O2S/c1-16-9-20(15-13-3-6-17-14(13)18-11-19-15)7-4-12(16)5-8-21(10-16)24(2,22)23/h3,6,11-12H,4-5,7-10H2,1-2H3,(H,17,18,19)/t12-,16+/m1/s1. The maximum atomic E-state index is 12.0. The molecule has 0 spiro atoms. The molecule has 7 nitrogen and oxygen atoms in total. The first-order valence-corrected chi connectivity index (χ1v) is 10.2. The summed E-state index contributed by atoms with van der Waals surface area (Å²) in [6.45, 7) is 5.23. The minimum absolute atomic E-state index is 0.0485. The van der Waals surface area contributed by atoms with Crippen molar-refractivity contribution >= 4 is 26.9 Å². The third-order valence-electron chi connectivity index (χ3n) is 5.65. The summed E-state index contributed by atoms with van der Waals surface area (Å²) in [7, 11) is -3.14. The molecule has 0 bridgehead atoms. The van der Waals surface area contributed by atoms with E-state index in [0.717, 1.165) is 42.8 Å². The molecule has 0 unspecified atom stereocenters. The van der Waals surface area contributed by atoms with Crippen LogP contribution >= 0.6 is 0 Å². The number of sulfonamides is 1. The topological polar surface area (TPSA) is 82.2 Å². The van der Waals surface area contributed by atoms with Gasteiger partial charge in [-0.25, -0.2) is 22.7 Å². The van der Waals surface area contributed by atoms with Gasteiger partial charge in [-0.2, -0.15) is 0 Å². The van der Waals surface area contributed by atoms with Gasteiger partial charge in [0.2, 0.25) is 10.0 Å². The summed E-state index contributed by atoms with van der Waals surface area (Å²) in [6.07, 6.45) is 6.80. The summed E-state index contributed by atoms with van der Waals surface area (Å²) in [6, 6.07) is 2.00. The van der Waals surface area contributed by atoms with Crippen molar-refractivity contribution in [3.8, 4) is 0 Å². The molecule has 0 aromatic carbocycles. The highest BCUT2D eigenvalue weighted by atomic mass is 32.2. The number of anilines is 1. The Kier molecular flexibility index (Phi) is 3.58. The van der Waals surface area contributed by atoms with Crippen LogP contribution in [-0.4, -0.2) is 60.1 Å². The first-order valence-electron chi connectivity index (χ1n) is 8.35. The molecule has 0 aliphatic carbocycles. The molecule has 0 amide bonds. The van der Waals surface area contributed by atoms with Gasteiger partial charge in [-0.15, -0.1) is 0 Å². The Hall–Kier alpha value is -1.67. The van der Waals surface area contributed by atoms with Crippen LogP contribution in [0, 0.1) is 11.3 Å². The number of H-pyrrole nitrogens is 1. The van der Waals surface area contributed by atoms with Crippen molar-refractivity contribution in [3.05, 3.63) is 18.6 Å². The van der Waals surface area contributed by atoms with Gasteiger partial charge in [0.25, 0.3) is 0 Å². The zero-order valence-electron chi connectivity index (χ0n) is 14.1. The lowest BCUT2D eigenvalue weighted by Gasteiger charge is -2.51. The number of hydrogen-bond acceptors (Lipinski definition) is 5. The first kappa shape index (κ1) is 15.8. The number of aromatic amines is 1. The molecule has 0 radical (unpaired) electrons. The van der Waals surface area contributed by atoms with Gasteiger partial charge in [-0.05, 0) is 24.8 Å². The van der Waals surface area contributed by atoms with Crippen molar-refractivity contribution in [2.75, 3.05) is 37.3 Å². The van der Waals surface area contributed by atoms with E-state index in [1.54, 1.807) is 10.6 Å². The van der Waals surface area contributed by atoms with Crippen LogP contribution in [-0.2, 0) is 10.0 Å². The van der Waals surface area contributed by atoms with E-state index in [0.29, 0.717) is 19.0 Å². The minimum atomic E-state index is -3.14. The summed E-state index contributed by atoms with van der Waals surface area (Å²) >= 11 is 0. The fourth-order valence-corrected chi connectivity index (χ4v) is 5.30. The Bertz CT molecular complexity index is 864. The van der Waals surface area contributed by atoms with Gasteiger partial charge in [0.1, 0.15) is 17.8 Å². The lowest BCUT2D eigenvalue weighted by Crippen LogP contribution is -2.57.